The zero-order chi connectivity index (χ0) is 10.4. The van der Waals surface area contributed by atoms with E-state index in [1.54, 1.807) is 6.20 Å². The molecule has 0 unspecified atom stereocenters. The Morgan fingerprint density at radius 1 is 1.20 bits per heavy atom. The Bertz CT molecular complexity index is 708. The third-order valence-electron chi connectivity index (χ3n) is 2.65. The smallest absolute Gasteiger partial charge is 0.282 e. The second-order valence-electron chi connectivity index (χ2n) is 3.48. The first kappa shape index (κ1) is 8.23. The van der Waals surface area contributed by atoms with Gasteiger partial charge >= 0.3 is 0 Å². The van der Waals surface area contributed by atoms with Crippen LogP contribution in [-0.2, 0) is 7.05 Å². The number of rotatable bonds is 0. The lowest BCUT2D eigenvalue weighted by Gasteiger charge is -2.06. The maximum atomic E-state index is 12.0. The molecule has 0 saturated heterocycles. The van der Waals surface area contributed by atoms with Crippen molar-refractivity contribution in [3.63, 3.8) is 0 Å². The summed E-state index contributed by atoms with van der Waals surface area (Å²) >= 11 is 0. The summed E-state index contributed by atoms with van der Waals surface area (Å²) < 4.78 is 3.38. The lowest BCUT2D eigenvalue weighted by molar-refractivity contribution is 0.857. The van der Waals surface area contributed by atoms with E-state index in [0.717, 1.165) is 11.2 Å². The molecule has 0 saturated carbocycles. The number of hydrogen-bond acceptors (Lipinski definition) is 2. The van der Waals surface area contributed by atoms with Crippen molar-refractivity contribution in [2.75, 3.05) is 0 Å². The normalized spacial score (nSPS) is 11.3. The fraction of sp³-hybridized carbons (Fsp3) is 0.0909. The Morgan fingerprint density at radius 3 is 2.87 bits per heavy atom. The molecule has 1 aromatic carbocycles. The minimum Gasteiger partial charge on any atom is -0.329 e. The van der Waals surface area contributed by atoms with Gasteiger partial charge in [-0.3, -0.25) is 4.79 Å². The van der Waals surface area contributed by atoms with Gasteiger partial charge in [0.1, 0.15) is 5.65 Å². The molecule has 0 amide bonds. The Morgan fingerprint density at radius 2 is 2.00 bits per heavy atom. The summed E-state index contributed by atoms with van der Waals surface area (Å²) in [7, 11) is 1.93. The second-order valence-corrected chi connectivity index (χ2v) is 3.48. The first-order chi connectivity index (χ1) is 7.29. The predicted octanol–water partition coefficient (Wildman–Crippen LogP) is 1.19. The number of fused-ring (bicyclic) bond motifs is 2. The lowest BCUT2D eigenvalue weighted by atomic mass is 10.2. The van der Waals surface area contributed by atoms with Crippen LogP contribution in [0.2, 0.25) is 0 Å². The minimum atomic E-state index is -0.0660. The highest BCUT2D eigenvalue weighted by Crippen LogP contribution is 2.11. The average Bonchev–Trinajstić information content (AvgIpc) is 2.75. The van der Waals surface area contributed by atoms with Gasteiger partial charge in [-0.2, -0.15) is 9.61 Å². The SMILES string of the molecule is Cn1c2ccccc2c(=O)n2nccc12. The molecule has 2 aromatic heterocycles. The standard InChI is InChI=1S/C11H9N3O/c1-13-9-5-3-2-4-8(9)11(15)14-10(13)6-7-12-14/h2-7H,1H3. The molecule has 0 aliphatic heterocycles. The van der Waals surface area contributed by atoms with Gasteiger partial charge in [0.15, 0.2) is 0 Å². The third-order valence-corrected chi connectivity index (χ3v) is 2.65. The van der Waals surface area contributed by atoms with Gasteiger partial charge in [0.25, 0.3) is 5.56 Å². The van der Waals surface area contributed by atoms with Crippen LogP contribution in [0.25, 0.3) is 16.6 Å². The molecule has 0 bridgehead atoms. The molecule has 0 atom stereocenters. The quantitative estimate of drug-likeness (QED) is 0.545. The summed E-state index contributed by atoms with van der Waals surface area (Å²) in [6, 6.07) is 9.37. The predicted molar refractivity (Wildman–Crippen MR) is 57.9 cm³/mol. The van der Waals surface area contributed by atoms with Crippen LogP contribution in [0.4, 0.5) is 0 Å². The monoisotopic (exact) mass is 199 g/mol. The van der Waals surface area contributed by atoms with Crippen LogP contribution >= 0.6 is 0 Å². The van der Waals surface area contributed by atoms with E-state index in [1.807, 2.05) is 41.9 Å². The Kier molecular flexibility index (Phi) is 1.48. The highest BCUT2D eigenvalue weighted by Gasteiger charge is 2.07. The molecule has 4 heteroatoms. The van der Waals surface area contributed by atoms with E-state index < -0.39 is 0 Å². The van der Waals surface area contributed by atoms with Crippen molar-refractivity contribution in [3.8, 4) is 0 Å². The topological polar surface area (TPSA) is 39.3 Å². The number of hydrogen-bond donors (Lipinski definition) is 0. The van der Waals surface area contributed by atoms with Gasteiger partial charge in [-0.15, -0.1) is 0 Å². The van der Waals surface area contributed by atoms with Crippen molar-refractivity contribution in [2.24, 2.45) is 7.05 Å². The summed E-state index contributed by atoms with van der Waals surface area (Å²) in [6.07, 6.45) is 1.63. The minimum absolute atomic E-state index is 0.0660. The molecule has 3 aromatic rings. The van der Waals surface area contributed by atoms with Gasteiger partial charge in [-0.05, 0) is 12.1 Å². The van der Waals surface area contributed by atoms with Gasteiger partial charge in [0.2, 0.25) is 0 Å². The maximum Gasteiger partial charge on any atom is 0.282 e. The van der Waals surface area contributed by atoms with Gasteiger partial charge in [-0.25, -0.2) is 0 Å². The van der Waals surface area contributed by atoms with E-state index in [1.165, 1.54) is 4.52 Å². The first-order valence-corrected chi connectivity index (χ1v) is 4.70. The van der Waals surface area contributed by atoms with E-state index >= 15 is 0 Å². The Labute approximate surface area is 85.4 Å². The van der Waals surface area contributed by atoms with E-state index in [-0.39, 0.29) is 5.56 Å². The molecule has 0 aliphatic rings. The van der Waals surface area contributed by atoms with Crippen molar-refractivity contribution >= 4 is 16.6 Å². The number of para-hydroxylation sites is 1. The molecular weight excluding hydrogens is 190 g/mol. The average molecular weight is 199 g/mol. The molecule has 0 radical (unpaired) electrons. The summed E-state index contributed by atoms with van der Waals surface area (Å²) in [6.45, 7) is 0. The summed E-state index contributed by atoms with van der Waals surface area (Å²) in [5, 5.41) is 4.70. The largest absolute Gasteiger partial charge is 0.329 e. The van der Waals surface area contributed by atoms with Crippen molar-refractivity contribution in [2.45, 2.75) is 0 Å². The number of aryl methyl sites for hydroxylation is 1. The molecule has 15 heavy (non-hydrogen) atoms. The first-order valence-electron chi connectivity index (χ1n) is 4.70. The number of aromatic nitrogens is 3. The molecule has 3 rings (SSSR count). The number of benzene rings is 1. The van der Waals surface area contributed by atoms with Crippen LogP contribution in [-0.4, -0.2) is 14.2 Å². The van der Waals surface area contributed by atoms with E-state index in [2.05, 4.69) is 5.10 Å². The molecule has 0 aliphatic carbocycles. The number of nitrogens with zero attached hydrogens (tertiary/aromatic N) is 3. The Hall–Kier alpha value is -2.10. The summed E-state index contributed by atoms with van der Waals surface area (Å²) in [5.74, 6) is 0. The van der Waals surface area contributed by atoms with E-state index in [4.69, 9.17) is 0 Å². The van der Waals surface area contributed by atoms with Crippen LogP contribution in [0.15, 0.2) is 41.3 Å². The molecule has 2 heterocycles. The van der Waals surface area contributed by atoms with Crippen molar-refractivity contribution in [3.05, 3.63) is 46.9 Å². The maximum absolute atomic E-state index is 12.0. The van der Waals surface area contributed by atoms with Crippen LogP contribution in [0, 0.1) is 0 Å². The van der Waals surface area contributed by atoms with E-state index in [0.29, 0.717) is 5.39 Å². The summed E-state index contributed by atoms with van der Waals surface area (Å²) in [5.41, 5.74) is 1.66. The zero-order valence-corrected chi connectivity index (χ0v) is 8.21. The third kappa shape index (κ3) is 0.958. The van der Waals surface area contributed by atoms with Crippen LogP contribution in [0.1, 0.15) is 0 Å². The molecule has 74 valence electrons. The lowest BCUT2D eigenvalue weighted by Crippen LogP contribution is -2.18. The van der Waals surface area contributed by atoms with Crippen LogP contribution < -0.4 is 5.56 Å². The van der Waals surface area contributed by atoms with E-state index in [9.17, 15) is 4.79 Å². The molecular formula is C11H9N3O. The highest BCUT2D eigenvalue weighted by molar-refractivity contribution is 5.80. The fourth-order valence-electron chi connectivity index (χ4n) is 1.89. The van der Waals surface area contributed by atoms with Gasteiger partial charge in [0.05, 0.1) is 17.1 Å². The van der Waals surface area contributed by atoms with Gasteiger partial charge < -0.3 is 4.57 Å². The van der Waals surface area contributed by atoms with Crippen molar-refractivity contribution < 1.29 is 0 Å². The van der Waals surface area contributed by atoms with Crippen LogP contribution in [0.5, 0.6) is 0 Å². The Balaban J connectivity index is 2.76. The zero-order valence-electron chi connectivity index (χ0n) is 8.21. The van der Waals surface area contributed by atoms with Crippen molar-refractivity contribution in [1.82, 2.24) is 14.2 Å². The van der Waals surface area contributed by atoms with Gasteiger partial charge in [-0.1, -0.05) is 12.1 Å². The van der Waals surface area contributed by atoms with Gasteiger partial charge in [0, 0.05) is 13.1 Å². The van der Waals surface area contributed by atoms with Crippen molar-refractivity contribution in [1.29, 1.82) is 0 Å². The molecule has 0 fully saturated rings. The molecule has 4 nitrogen and oxygen atoms in total. The molecule has 0 spiro atoms. The summed E-state index contributed by atoms with van der Waals surface area (Å²) in [4.78, 5) is 12.0. The fourth-order valence-corrected chi connectivity index (χ4v) is 1.89. The molecule has 0 N–H and O–H groups in total. The highest BCUT2D eigenvalue weighted by atomic mass is 16.1. The second kappa shape index (κ2) is 2.70. The van der Waals surface area contributed by atoms with Crippen LogP contribution in [0.3, 0.4) is 0 Å².